The van der Waals surface area contributed by atoms with Gasteiger partial charge in [0.05, 0.1) is 22.5 Å². The Morgan fingerprint density at radius 2 is 0.671 bits per heavy atom. The van der Waals surface area contributed by atoms with E-state index in [-0.39, 0.29) is 0 Å². The van der Waals surface area contributed by atoms with E-state index in [0.717, 1.165) is 56.1 Å². The Bertz CT molecular complexity index is 3850. The number of furan rings is 1. The van der Waals surface area contributed by atoms with E-state index < -0.39 is 5.41 Å². The lowest BCUT2D eigenvalue weighted by atomic mass is 9.70. The van der Waals surface area contributed by atoms with Crippen LogP contribution in [-0.2, 0) is 5.41 Å². The van der Waals surface area contributed by atoms with Crippen molar-refractivity contribution in [1.82, 2.24) is 0 Å². The number of nitrogens with zero attached hydrogens (tertiary/aromatic N) is 2. The van der Waals surface area contributed by atoms with E-state index in [9.17, 15) is 0 Å². The molecule has 70 heavy (non-hydrogen) atoms. The summed E-state index contributed by atoms with van der Waals surface area (Å²) < 4.78 is 6.80. The summed E-state index contributed by atoms with van der Waals surface area (Å²) in [4.78, 5) is 4.87. The second-order valence-electron chi connectivity index (χ2n) is 18.3. The zero-order valence-electron chi connectivity index (χ0n) is 38.2. The molecular formula is C67H44N2O. The first kappa shape index (κ1) is 39.9. The molecule has 1 aromatic heterocycles. The van der Waals surface area contributed by atoms with Gasteiger partial charge in [-0.2, -0.15) is 0 Å². The highest BCUT2D eigenvalue weighted by atomic mass is 16.3. The third-order valence-electron chi connectivity index (χ3n) is 14.7. The van der Waals surface area contributed by atoms with Gasteiger partial charge in [-0.05, 0) is 116 Å². The molecule has 0 amide bonds. The smallest absolute Gasteiger partial charge is 0.159 e. The zero-order valence-corrected chi connectivity index (χ0v) is 38.2. The average Bonchev–Trinajstić information content (AvgIpc) is 4.08. The van der Waals surface area contributed by atoms with Crippen molar-refractivity contribution in [2.24, 2.45) is 0 Å². The largest absolute Gasteiger partial charge is 0.454 e. The lowest BCUT2D eigenvalue weighted by Crippen LogP contribution is -2.26. The second-order valence-corrected chi connectivity index (χ2v) is 18.3. The predicted octanol–water partition coefficient (Wildman–Crippen LogP) is 18.2. The molecule has 1 spiro atoms. The fourth-order valence-corrected chi connectivity index (χ4v) is 11.8. The van der Waals surface area contributed by atoms with Crippen LogP contribution >= 0.6 is 0 Å². The van der Waals surface area contributed by atoms with Crippen LogP contribution in [0.2, 0.25) is 0 Å². The molecule has 0 saturated carbocycles. The van der Waals surface area contributed by atoms with Crippen molar-refractivity contribution in [3.63, 3.8) is 0 Å². The zero-order chi connectivity index (χ0) is 46.2. The third kappa shape index (κ3) is 5.95. The highest BCUT2D eigenvalue weighted by molar-refractivity contribution is 6.12. The lowest BCUT2D eigenvalue weighted by molar-refractivity contribution is 0.669. The molecule has 0 bridgehead atoms. The molecule has 1 unspecified atom stereocenters. The van der Waals surface area contributed by atoms with Crippen molar-refractivity contribution in [1.29, 1.82) is 0 Å². The van der Waals surface area contributed by atoms with Crippen LogP contribution in [0.3, 0.4) is 0 Å². The predicted molar refractivity (Wildman–Crippen MR) is 290 cm³/mol. The van der Waals surface area contributed by atoms with Gasteiger partial charge in [-0.1, -0.05) is 206 Å². The van der Waals surface area contributed by atoms with Gasteiger partial charge in [0.25, 0.3) is 0 Å². The van der Waals surface area contributed by atoms with Crippen molar-refractivity contribution in [2.45, 2.75) is 5.41 Å². The molecule has 0 aliphatic heterocycles. The SMILES string of the molecule is c1ccc(-c2ccc(N(c3ccc(-c4ccccc4)cc3)c3cccc4c3-c3ccccc3C43c4ccccc4-c4c(N(c5ccccc5)c5cccc6c5oc5ccccc56)cccc43)cc2)cc1. The highest BCUT2D eigenvalue weighted by Gasteiger charge is 2.53. The summed E-state index contributed by atoms with van der Waals surface area (Å²) in [6.07, 6.45) is 0. The Hall–Kier alpha value is -9.18. The number of anilines is 6. The molecule has 14 rings (SSSR count). The van der Waals surface area contributed by atoms with E-state index in [1.54, 1.807) is 0 Å². The molecule has 0 saturated heterocycles. The first-order chi connectivity index (χ1) is 34.8. The molecule has 0 radical (unpaired) electrons. The van der Waals surface area contributed by atoms with E-state index >= 15 is 0 Å². The number of rotatable bonds is 8. The Kier molecular flexibility index (Phi) is 9.11. The molecule has 3 heteroatoms. The Morgan fingerprint density at radius 1 is 0.271 bits per heavy atom. The molecule has 2 aliphatic rings. The fraction of sp³-hybridized carbons (Fsp3) is 0.0149. The normalized spacial score (nSPS) is 14.1. The quantitative estimate of drug-likeness (QED) is 0.152. The lowest BCUT2D eigenvalue weighted by Gasteiger charge is -2.32. The van der Waals surface area contributed by atoms with Gasteiger partial charge < -0.3 is 14.2 Å². The summed E-state index contributed by atoms with van der Waals surface area (Å²) in [6, 6.07) is 97.2. The third-order valence-corrected chi connectivity index (χ3v) is 14.7. The van der Waals surface area contributed by atoms with Gasteiger partial charge in [-0.3, -0.25) is 0 Å². The van der Waals surface area contributed by atoms with Crippen molar-refractivity contribution in [3.8, 4) is 44.5 Å². The summed E-state index contributed by atoms with van der Waals surface area (Å²) in [6.45, 7) is 0. The maximum absolute atomic E-state index is 6.80. The summed E-state index contributed by atoms with van der Waals surface area (Å²) in [5.74, 6) is 0. The number of benzene rings is 11. The van der Waals surface area contributed by atoms with Crippen molar-refractivity contribution in [3.05, 3.63) is 289 Å². The van der Waals surface area contributed by atoms with Gasteiger partial charge in [0.2, 0.25) is 0 Å². The molecule has 1 atom stereocenters. The Labute approximate surface area is 407 Å². The summed E-state index contributed by atoms with van der Waals surface area (Å²) in [5.41, 5.74) is 22.4. The topological polar surface area (TPSA) is 19.6 Å². The van der Waals surface area contributed by atoms with Gasteiger partial charge in [-0.15, -0.1) is 0 Å². The van der Waals surface area contributed by atoms with Crippen LogP contribution in [0.5, 0.6) is 0 Å². The Morgan fingerprint density at radius 3 is 1.24 bits per heavy atom. The number of para-hydroxylation sites is 3. The van der Waals surface area contributed by atoms with E-state index in [1.807, 2.05) is 6.07 Å². The summed E-state index contributed by atoms with van der Waals surface area (Å²) in [5, 5.41) is 2.21. The fourth-order valence-electron chi connectivity index (χ4n) is 11.8. The van der Waals surface area contributed by atoms with Gasteiger partial charge in [-0.25, -0.2) is 0 Å². The molecular weight excluding hydrogens is 849 g/mol. The van der Waals surface area contributed by atoms with Crippen LogP contribution < -0.4 is 9.80 Å². The van der Waals surface area contributed by atoms with Crippen LogP contribution in [0, 0.1) is 0 Å². The first-order valence-electron chi connectivity index (χ1n) is 24.1. The molecule has 0 fully saturated rings. The van der Waals surface area contributed by atoms with Crippen molar-refractivity contribution in [2.75, 3.05) is 9.80 Å². The van der Waals surface area contributed by atoms with Gasteiger partial charge in [0.15, 0.2) is 5.58 Å². The van der Waals surface area contributed by atoms with E-state index in [1.165, 1.54) is 66.8 Å². The Balaban J connectivity index is 1.01. The molecule has 328 valence electrons. The number of fused-ring (bicyclic) bond motifs is 13. The molecule has 12 aromatic rings. The minimum Gasteiger partial charge on any atom is -0.454 e. The average molecular weight is 893 g/mol. The van der Waals surface area contributed by atoms with Crippen molar-refractivity contribution >= 4 is 56.1 Å². The van der Waals surface area contributed by atoms with Gasteiger partial charge in [0.1, 0.15) is 5.58 Å². The minimum absolute atomic E-state index is 0.613. The van der Waals surface area contributed by atoms with E-state index in [4.69, 9.17) is 4.42 Å². The van der Waals surface area contributed by atoms with Gasteiger partial charge >= 0.3 is 0 Å². The number of hydrogen-bond donors (Lipinski definition) is 0. The van der Waals surface area contributed by atoms with E-state index in [2.05, 4.69) is 271 Å². The summed E-state index contributed by atoms with van der Waals surface area (Å²) in [7, 11) is 0. The monoisotopic (exact) mass is 892 g/mol. The minimum atomic E-state index is -0.613. The molecule has 3 nitrogen and oxygen atoms in total. The number of hydrogen-bond acceptors (Lipinski definition) is 3. The standard InChI is InChI=1S/C67H44N2O/c1-4-19-45(20-5-1)47-37-41-50(42-38-47)68(51-43-39-48(40-44-51)46-21-6-2-7-22-46)60-33-17-31-58-64(60)54-26-10-13-29-56(54)67(58)57-30-14-11-27-55(57)65-59(67)32-18-34-61(65)69(49-23-8-3-9-24-49)62-35-16-28-53-52-25-12-15-36-63(52)70-66(53)62/h1-44H. The first-order valence-corrected chi connectivity index (χ1v) is 24.1. The second kappa shape index (κ2) is 16.0. The molecule has 0 N–H and O–H groups in total. The van der Waals surface area contributed by atoms with Crippen LogP contribution in [-0.4, -0.2) is 0 Å². The molecule has 1 heterocycles. The van der Waals surface area contributed by atoms with E-state index in [0.29, 0.717) is 0 Å². The van der Waals surface area contributed by atoms with Crippen LogP contribution in [0.1, 0.15) is 22.3 Å². The highest BCUT2D eigenvalue weighted by Crippen LogP contribution is 2.66. The summed E-state index contributed by atoms with van der Waals surface area (Å²) >= 11 is 0. The van der Waals surface area contributed by atoms with Crippen molar-refractivity contribution < 1.29 is 4.42 Å². The maximum Gasteiger partial charge on any atom is 0.159 e. The van der Waals surface area contributed by atoms with Gasteiger partial charge in [0, 0.05) is 39.0 Å². The van der Waals surface area contributed by atoms with Crippen LogP contribution in [0.4, 0.5) is 34.1 Å². The van der Waals surface area contributed by atoms with Crippen LogP contribution in [0.25, 0.3) is 66.4 Å². The maximum atomic E-state index is 6.80. The molecule has 11 aromatic carbocycles. The molecule has 2 aliphatic carbocycles. The van der Waals surface area contributed by atoms with Crippen LogP contribution in [0.15, 0.2) is 271 Å².